The first-order valence-corrected chi connectivity index (χ1v) is 8.01. The Morgan fingerprint density at radius 2 is 2.19 bits per heavy atom. The van der Waals surface area contributed by atoms with Gasteiger partial charge < -0.3 is 16.0 Å². The lowest BCUT2D eigenvalue weighted by atomic mass is 10.0. The number of hydrogen-bond donors (Lipinski definition) is 2. The van der Waals surface area contributed by atoms with E-state index in [1.165, 1.54) is 5.56 Å². The third kappa shape index (κ3) is 5.14. The summed E-state index contributed by atoms with van der Waals surface area (Å²) in [6.07, 6.45) is 3.76. The minimum Gasteiger partial charge on any atom is -0.351 e. The Labute approximate surface area is 127 Å². The molecule has 0 aromatic heterocycles. The molecule has 3 N–H and O–H groups in total. The van der Waals surface area contributed by atoms with E-state index in [9.17, 15) is 4.79 Å². The maximum Gasteiger partial charge on any atom is 0.237 e. The molecule has 1 saturated heterocycles. The molecule has 0 saturated carbocycles. The van der Waals surface area contributed by atoms with Crippen molar-refractivity contribution in [3.8, 4) is 0 Å². The van der Waals surface area contributed by atoms with Gasteiger partial charge in [-0.15, -0.1) is 0 Å². The van der Waals surface area contributed by atoms with Crippen LogP contribution in [0.25, 0.3) is 0 Å². The number of amides is 1. The Morgan fingerprint density at radius 3 is 2.90 bits per heavy atom. The number of piperidine rings is 1. The second-order valence-corrected chi connectivity index (χ2v) is 5.87. The number of carbonyl (C=O) groups is 1. The fourth-order valence-electron chi connectivity index (χ4n) is 2.87. The number of carbonyl (C=O) groups excluding carboxylic acids is 1. The molecule has 1 fully saturated rings. The van der Waals surface area contributed by atoms with E-state index in [0.29, 0.717) is 6.42 Å². The van der Waals surface area contributed by atoms with E-state index >= 15 is 0 Å². The summed E-state index contributed by atoms with van der Waals surface area (Å²) in [6, 6.07) is 10.0. The number of likely N-dealkylation sites (tertiary alicyclic amines) is 1. The quantitative estimate of drug-likeness (QED) is 0.835. The van der Waals surface area contributed by atoms with Crippen LogP contribution in [-0.4, -0.2) is 42.5 Å². The van der Waals surface area contributed by atoms with Crippen LogP contribution in [0.1, 0.15) is 31.7 Å². The zero-order valence-corrected chi connectivity index (χ0v) is 12.9. The van der Waals surface area contributed by atoms with Gasteiger partial charge >= 0.3 is 0 Å². The molecule has 1 amide bonds. The fraction of sp³-hybridized carbons (Fsp3) is 0.588. The molecule has 2 unspecified atom stereocenters. The summed E-state index contributed by atoms with van der Waals surface area (Å²) in [7, 11) is 0. The smallest absolute Gasteiger partial charge is 0.237 e. The number of hydrogen-bond acceptors (Lipinski definition) is 3. The molecular formula is C17H27N3O. The summed E-state index contributed by atoms with van der Waals surface area (Å²) < 4.78 is 0. The molecule has 1 aliphatic rings. The minimum absolute atomic E-state index is 0.00566. The van der Waals surface area contributed by atoms with E-state index in [-0.39, 0.29) is 11.9 Å². The molecule has 0 aliphatic carbocycles. The first-order chi connectivity index (χ1) is 10.2. The number of nitrogens with two attached hydrogens (primary N) is 1. The molecule has 2 atom stereocenters. The molecule has 4 nitrogen and oxygen atoms in total. The van der Waals surface area contributed by atoms with Crippen LogP contribution in [0, 0.1) is 0 Å². The molecule has 1 aromatic rings. The van der Waals surface area contributed by atoms with Gasteiger partial charge in [0.15, 0.2) is 0 Å². The number of nitrogens with one attached hydrogen (secondary N) is 1. The molecule has 0 radical (unpaired) electrons. The largest absolute Gasteiger partial charge is 0.351 e. The third-order valence-electron chi connectivity index (χ3n) is 4.22. The second kappa shape index (κ2) is 8.15. The first kappa shape index (κ1) is 16.0. The van der Waals surface area contributed by atoms with Gasteiger partial charge in [0.05, 0.1) is 6.04 Å². The van der Waals surface area contributed by atoms with Crippen LogP contribution in [0.3, 0.4) is 0 Å². The average Bonchev–Trinajstić information content (AvgIpc) is 2.53. The SMILES string of the molecule is CCN1CCCC(NC(=O)C(N)CCc2ccccc2)C1. The molecule has 116 valence electrons. The van der Waals surface area contributed by atoms with Crippen molar-refractivity contribution < 1.29 is 4.79 Å². The fourth-order valence-corrected chi connectivity index (χ4v) is 2.87. The monoisotopic (exact) mass is 289 g/mol. The van der Waals surface area contributed by atoms with Crippen LogP contribution in [-0.2, 0) is 11.2 Å². The highest BCUT2D eigenvalue weighted by molar-refractivity contribution is 5.81. The van der Waals surface area contributed by atoms with Crippen molar-refractivity contribution in [1.29, 1.82) is 0 Å². The predicted octanol–water partition coefficient (Wildman–Crippen LogP) is 1.55. The summed E-state index contributed by atoms with van der Waals surface area (Å²) in [5.74, 6) is -0.00566. The predicted molar refractivity (Wildman–Crippen MR) is 86.0 cm³/mol. The van der Waals surface area contributed by atoms with E-state index in [2.05, 4.69) is 29.3 Å². The standard InChI is InChI=1S/C17H27N3O/c1-2-20-12-6-9-15(13-20)19-17(21)16(18)11-10-14-7-4-3-5-8-14/h3-5,7-8,15-16H,2,6,9-13,18H2,1H3,(H,19,21). The van der Waals surface area contributed by atoms with E-state index in [1.54, 1.807) is 0 Å². The third-order valence-corrected chi connectivity index (χ3v) is 4.22. The number of benzene rings is 1. The Hall–Kier alpha value is -1.39. The second-order valence-electron chi connectivity index (χ2n) is 5.87. The normalized spacial score (nSPS) is 21.0. The summed E-state index contributed by atoms with van der Waals surface area (Å²) >= 11 is 0. The first-order valence-electron chi connectivity index (χ1n) is 8.01. The van der Waals surface area contributed by atoms with Crippen molar-refractivity contribution in [3.05, 3.63) is 35.9 Å². The zero-order valence-electron chi connectivity index (χ0n) is 12.9. The van der Waals surface area contributed by atoms with Crippen molar-refractivity contribution in [2.45, 2.75) is 44.7 Å². The van der Waals surface area contributed by atoms with Crippen molar-refractivity contribution in [2.24, 2.45) is 5.73 Å². The van der Waals surface area contributed by atoms with Gasteiger partial charge in [-0.25, -0.2) is 0 Å². The lowest BCUT2D eigenvalue weighted by molar-refractivity contribution is -0.123. The highest BCUT2D eigenvalue weighted by atomic mass is 16.2. The number of rotatable bonds is 6. The van der Waals surface area contributed by atoms with E-state index in [0.717, 1.165) is 38.9 Å². The average molecular weight is 289 g/mol. The van der Waals surface area contributed by atoms with Gasteiger partial charge in [-0.05, 0) is 44.3 Å². The zero-order chi connectivity index (χ0) is 15.1. The molecule has 1 aromatic carbocycles. The molecule has 21 heavy (non-hydrogen) atoms. The molecule has 0 spiro atoms. The van der Waals surface area contributed by atoms with Gasteiger partial charge in [0, 0.05) is 12.6 Å². The summed E-state index contributed by atoms with van der Waals surface area (Å²) in [4.78, 5) is 14.6. The minimum atomic E-state index is -0.415. The summed E-state index contributed by atoms with van der Waals surface area (Å²) in [5.41, 5.74) is 7.26. The van der Waals surface area contributed by atoms with Crippen molar-refractivity contribution in [3.63, 3.8) is 0 Å². The number of likely N-dealkylation sites (N-methyl/N-ethyl adjacent to an activating group) is 1. The Morgan fingerprint density at radius 1 is 1.43 bits per heavy atom. The van der Waals surface area contributed by atoms with Crippen LogP contribution < -0.4 is 11.1 Å². The molecule has 1 aliphatic heterocycles. The topological polar surface area (TPSA) is 58.4 Å². The van der Waals surface area contributed by atoms with Crippen molar-refractivity contribution in [1.82, 2.24) is 10.2 Å². The Bertz CT molecular complexity index is 435. The maximum absolute atomic E-state index is 12.2. The molecule has 0 bridgehead atoms. The van der Waals surface area contributed by atoms with Gasteiger partial charge in [-0.2, -0.15) is 0 Å². The van der Waals surface area contributed by atoms with Crippen LogP contribution in [0.2, 0.25) is 0 Å². The van der Waals surface area contributed by atoms with E-state index in [4.69, 9.17) is 5.73 Å². The van der Waals surface area contributed by atoms with Crippen LogP contribution in [0.5, 0.6) is 0 Å². The molecule has 2 rings (SSSR count). The van der Waals surface area contributed by atoms with Gasteiger partial charge in [0.25, 0.3) is 0 Å². The van der Waals surface area contributed by atoms with Gasteiger partial charge in [-0.1, -0.05) is 37.3 Å². The van der Waals surface area contributed by atoms with Crippen LogP contribution in [0.4, 0.5) is 0 Å². The van der Waals surface area contributed by atoms with Crippen LogP contribution in [0.15, 0.2) is 30.3 Å². The summed E-state index contributed by atoms with van der Waals surface area (Å²) in [6.45, 7) is 5.30. The highest BCUT2D eigenvalue weighted by Crippen LogP contribution is 2.10. The van der Waals surface area contributed by atoms with E-state index in [1.807, 2.05) is 18.2 Å². The number of aryl methyl sites for hydroxylation is 1. The molecule has 4 heteroatoms. The van der Waals surface area contributed by atoms with Crippen molar-refractivity contribution >= 4 is 5.91 Å². The molecule has 1 heterocycles. The number of nitrogens with zero attached hydrogens (tertiary/aromatic N) is 1. The lowest BCUT2D eigenvalue weighted by Crippen LogP contribution is -2.51. The maximum atomic E-state index is 12.2. The summed E-state index contributed by atoms with van der Waals surface area (Å²) in [5, 5.41) is 3.11. The Kier molecular flexibility index (Phi) is 6.21. The van der Waals surface area contributed by atoms with E-state index < -0.39 is 6.04 Å². The van der Waals surface area contributed by atoms with Gasteiger partial charge in [0.2, 0.25) is 5.91 Å². The van der Waals surface area contributed by atoms with Gasteiger partial charge in [-0.3, -0.25) is 4.79 Å². The van der Waals surface area contributed by atoms with Gasteiger partial charge in [0.1, 0.15) is 0 Å². The Balaban J connectivity index is 1.74. The molecular weight excluding hydrogens is 262 g/mol. The lowest BCUT2D eigenvalue weighted by Gasteiger charge is -2.32. The van der Waals surface area contributed by atoms with Crippen LogP contribution >= 0.6 is 0 Å². The highest BCUT2D eigenvalue weighted by Gasteiger charge is 2.22. The van der Waals surface area contributed by atoms with Crippen molar-refractivity contribution in [2.75, 3.05) is 19.6 Å².